The molecular formula is C19H20N2O3. The molecule has 1 unspecified atom stereocenters. The Labute approximate surface area is 140 Å². The normalized spacial score (nSPS) is 22.6. The standard InChI is InChI=1S/C19H20N2O3/c1-13-15(6-7-17(22)20-13)18(23)21-10-11-24-19(12-21)9-8-14-4-2-3-5-16(14)19/h2-7H,8-12H2,1H3,(H,20,22). The van der Waals surface area contributed by atoms with Crippen molar-refractivity contribution < 1.29 is 9.53 Å². The van der Waals surface area contributed by atoms with Crippen LogP contribution in [0.2, 0.25) is 0 Å². The number of carbonyl (C=O) groups is 1. The predicted molar refractivity (Wildman–Crippen MR) is 90.1 cm³/mol. The number of morpholine rings is 1. The highest BCUT2D eigenvalue weighted by Crippen LogP contribution is 2.42. The number of pyridine rings is 1. The van der Waals surface area contributed by atoms with Gasteiger partial charge in [-0.25, -0.2) is 0 Å². The van der Waals surface area contributed by atoms with Gasteiger partial charge in [0, 0.05) is 18.3 Å². The van der Waals surface area contributed by atoms with Crippen molar-refractivity contribution in [1.29, 1.82) is 0 Å². The third-order valence-corrected chi connectivity index (χ3v) is 5.13. The molecule has 1 aliphatic carbocycles. The summed E-state index contributed by atoms with van der Waals surface area (Å²) in [5.41, 5.74) is 3.11. The van der Waals surface area contributed by atoms with E-state index in [9.17, 15) is 9.59 Å². The third kappa shape index (κ3) is 2.36. The first-order valence-corrected chi connectivity index (χ1v) is 8.31. The molecular weight excluding hydrogens is 304 g/mol. The van der Waals surface area contributed by atoms with E-state index in [1.165, 1.54) is 17.2 Å². The van der Waals surface area contributed by atoms with E-state index >= 15 is 0 Å². The Morgan fingerprint density at radius 1 is 1.25 bits per heavy atom. The fraction of sp³-hybridized carbons (Fsp3) is 0.368. The maximum Gasteiger partial charge on any atom is 0.255 e. The van der Waals surface area contributed by atoms with Crippen LogP contribution < -0.4 is 5.56 Å². The molecule has 1 aliphatic heterocycles. The Morgan fingerprint density at radius 3 is 2.92 bits per heavy atom. The third-order valence-electron chi connectivity index (χ3n) is 5.13. The number of carbonyl (C=O) groups excluding carboxylic acids is 1. The van der Waals surface area contributed by atoms with Gasteiger partial charge in [0.05, 0.1) is 18.7 Å². The molecule has 124 valence electrons. The zero-order valence-electron chi connectivity index (χ0n) is 13.7. The Balaban J connectivity index is 1.64. The van der Waals surface area contributed by atoms with E-state index < -0.39 is 0 Å². The molecule has 1 aromatic carbocycles. The summed E-state index contributed by atoms with van der Waals surface area (Å²) in [6.45, 7) is 3.42. The van der Waals surface area contributed by atoms with E-state index in [1.807, 2.05) is 17.0 Å². The van der Waals surface area contributed by atoms with Gasteiger partial charge in [-0.2, -0.15) is 0 Å². The first kappa shape index (κ1) is 15.1. The lowest BCUT2D eigenvalue weighted by Crippen LogP contribution is -2.51. The van der Waals surface area contributed by atoms with Gasteiger partial charge in [0.25, 0.3) is 5.91 Å². The van der Waals surface area contributed by atoms with Crippen LogP contribution >= 0.6 is 0 Å². The average molecular weight is 324 g/mol. The van der Waals surface area contributed by atoms with Crippen LogP contribution in [0, 0.1) is 6.92 Å². The molecule has 2 aromatic rings. The highest BCUT2D eigenvalue weighted by Gasteiger charge is 2.44. The van der Waals surface area contributed by atoms with Crippen molar-refractivity contribution in [3.05, 3.63) is 69.1 Å². The van der Waals surface area contributed by atoms with Gasteiger partial charge < -0.3 is 14.6 Å². The molecule has 0 saturated carbocycles. The largest absolute Gasteiger partial charge is 0.367 e. The first-order valence-electron chi connectivity index (χ1n) is 8.31. The number of hydrogen-bond acceptors (Lipinski definition) is 3. The van der Waals surface area contributed by atoms with Crippen molar-refractivity contribution in [3.8, 4) is 0 Å². The van der Waals surface area contributed by atoms with Gasteiger partial charge in [0.1, 0.15) is 5.60 Å². The quantitative estimate of drug-likeness (QED) is 0.873. The number of aryl methyl sites for hydroxylation is 2. The zero-order chi connectivity index (χ0) is 16.7. The minimum Gasteiger partial charge on any atom is -0.367 e. The van der Waals surface area contributed by atoms with Crippen molar-refractivity contribution in [2.24, 2.45) is 0 Å². The van der Waals surface area contributed by atoms with Crippen LogP contribution in [0.4, 0.5) is 0 Å². The molecule has 0 radical (unpaired) electrons. The van der Waals surface area contributed by atoms with Gasteiger partial charge in [0.2, 0.25) is 5.56 Å². The van der Waals surface area contributed by atoms with Crippen LogP contribution in [0.1, 0.15) is 33.6 Å². The highest BCUT2D eigenvalue weighted by atomic mass is 16.5. The fourth-order valence-electron chi connectivity index (χ4n) is 3.91. The van der Waals surface area contributed by atoms with E-state index in [0.29, 0.717) is 31.0 Å². The molecule has 4 rings (SSSR count). The summed E-state index contributed by atoms with van der Waals surface area (Å²) >= 11 is 0. The minimum absolute atomic E-state index is 0.0455. The molecule has 1 fully saturated rings. The van der Waals surface area contributed by atoms with E-state index in [2.05, 4.69) is 17.1 Å². The molecule has 1 N–H and O–H groups in total. The zero-order valence-corrected chi connectivity index (χ0v) is 13.7. The van der Waals surface area contributed by atoms with Gasteiger partial charge >= 0.3 is 0 Å². The van der Waals surface area contributed by atoms with Gasteiger partial charge in [-0.15, -0.1) is 0 Å². The van der Waals surface area contributed by atoms with Crippen molar-refractivity contribution in [3.63, 3.8) is 0 Å². The number of fused-ring (bicyclic) bond motifs is 2. The lowest BCUT2D eigenvalue weighted by Gasteiger charge is -2.41. The number of benzene rings is 1. The van der Waals surface area contributed by atoms with E-state index in [-0.39, 0.29) is 17.1 Å². The molecule has 1 spiro atoms. The average Bonchev–Trinajstić information content (AvgIpc) is 2.93. The van der Waals surface area contributed by atoms with Crippen LogP contribution in [0.25, 0.3) is 0 Å². The molecule has 5 nitrogen and oxygen atoms in total. The Hall–Kier alpha value is -2.40. The monoisotopic (exact) mass is 324 g/mol. The number of aromatic amines is 1. The molecule has 1 amide bonds. The van der Waals surface area contributed by atoms with Crippen molar-refractivity contribution in [1.82, 2.24) is 9.88 Å². The van der Waals surface area contributed by atoms with E-state index in [0.717, 1.165) is 12.8 Å². The number of H-pyrrole nitrogens is 1. The maximum atomic E-state index is 12.9. The Morgan fingerprint density at radius 2 is 2.08 bits per heavy atom. The Bertz CT molecular complexity index is 854. The summed E-state index contributed by atoms with van der Waals surface area (Å²) in [5, 5.41) is 0. The topological polar surface area (TPSA) is 62.4 Å². The summed E-state index contributed by atoms with van der Waals surface area (Å²) in [4.78, 5) is 28.9. The smallest absolute Gasteiger partial charge is 0.255 e. The molecule has 0 bridgehead atoms. The first-order chi connectivity index (χ1) is 11.6. The second kappa shape index (κ2) is 5.60. The SMILES string of the molecule is Cc1[nH]c(=O)ccc1C(=O)N1CCOC2(CCc3ccccc32)C1. The van der Waals surface area contributed by atoms with Crippen LogP contribution in [-0.4, -0.2) is 35.5 Å². The van der Waals surface area contributed by atoms with Gasteiger partial charge in [0.15, 0.2) is 0 Å². The van der Waals surface area contributed by atoms with Crippen LogP contribution in [-0.2, 0) is 16.8 Å². The molecule has 24 heavy (non-hydrogen) atoms. The fourth-order valence-corrected chi connectivity index (χ4v) is 3.91. The molecule has 2 aliphatic rings. The number of hydrogen-bond donors (Lipinski definition) is 1. The lowest BCUT2D eigenvalue weighted by molar-refractivity contribution is -0.103. The molecule has 1 aromatic heterocycles. The summed E-state index contributed by atoms with van der Waals surface area (Å²) in [7, 11) is 0. The summed E-state index contributed by atoms with van der Waals surface area (Å²) in [5.74, 6) is -0.0455. The van der Waals surface area contributed by atoms with Gasteiger partial charge in [-0.05, 0) is 37.0 Å². The van der Waals surface area contributed by atoms with Crippen molar-refractivity contribution >= 4 is 5.91 Å². The predicted octanol–water partition coefficient (Wildman–Crippen LogP) is 2.00. The van der Waals surface area contributed by atoms with E-state index in [4.69, 9.17) is 4.74 Å². The maximum absolute atomic E-state index is 12.9. The van der Waals surface area contributed by atoms with E-state index in [1.54, 1.807) is 13.0 Å². The number of amides is 1. The van der Waals surface area contributed by atoms with Crippen LogP contribution in [0.15, 0.2) is 41.2 Å². The molecule has 2 heterocycles. The summed E-state index contributed by atoms with van der Waals surface area (Å²) in [6.07, 6.45) is 1.89. The number of nitrogens with one attached hydrogen (secondary N) is 1. The number of nitrogens with zero attached hydrogens (tertiary/aromatic N) is 1. The highest BCUT2D eigenvalue weighted by molar-refractivity contribution is 5.95. The minimum atomic E-state index is -0.388. The second-order valence-corrected chi connectivity index (χ2v) is 6.59. The number of aromatic nitrogens is 1. The second-order valence-electron chi connectivity index (χ2n) is 6.59. The lowest BCUT2D eigenvalue weighted by atomic mass is 9.93. The van der Waals surface area contributed by atoms with Gasteiger partial charge in [-0.3, -0.25) is 9.59 Å². The van der Waals surface area contributed by atoms with Crippen LogP contribution in [0.3, 0.4) is 0 Å². The van der Waals surface area contributed by atoms with Crippen molar-refractivity contribution in [2.45, 2.75) is 25.4 Å². The number of rotatable bonds is 1. The van der Waals surface area contributed by atoms with Crippen LogP contribution in [0.5, 0.6) is 0 Å². The number of ether oxygens (including phenoxy) is 1. The summed E-state index contributed by atoms with van der Waals surface area (Å²) < 4.78 is 6.17. The Kier molecular flexibility index (Phi) is 3.53. The molecule has 5 heteroatoms. The molecule has 1 atom stereocenters. The van der Waals surface area contributed by atoms with Gasteiger partial charge in [-0.1, -0.05) is 24.3 Å². The summed E-state index contributed by atoms with van der Waals surface area (Å²) in [6, 6.07) is 11.3. The molecule has 1 saturated heterocycles. The van der Waals surface area contributed by atoms with Crippen molar-refractivity contribution in [2.75, 3.05) is 19.7 Å².